The summed E-state index contributed by atoms with van der Waals surface area (Å²) in [5.41, 5.74) is 11.3. The van der Waals surface area contributed by atoms with Gasteiger partial charge in [-0.25, -0.2) is 0 Å². The number of fused-ring (bicyclic) bond motifs is 4. The van der Waals surface area contributed by atoms with Crippen LogP contribution in [0.5, 0.6) is 5.75 Å². The minimum atomic E-state index is -0.180. The molecule has 5 heterocycles. The van der Waals surface area contributed by atoms with Crippen molar-refractivity contribution in [2.45, 2.75) is 67.0 Å². The zero-order chi connectivity index (χ0) is 44.1. The summed E-state index contributed by atoms with van der Waals surface area (Å²) in [6.07, 6.45) is 4.94. The van der Waals surface area contributed by atoms with E-state index in [1.807, 2.05) is 116 Å². The maximum atomic E-state index is 15.6. The van der Waals surface area contributed by atoms with Crippen LogP contribution in [-0.4, -0.2) is 87.8 Å². The second-order valence-corrected chi connectivity index (χ2v) is 17.4. The number of halogens is 2. The Hall–Kier alpha value is -5.56. The lowest BCUT2D eigenvalue weighted by Crippen LogP contribution is -2.43. The van der Waals surface area contributed by atoms with Gasteiger partial charge in [-0.2, -0.15) is 5.10 Å². The number of allylic oxidation sites excluding steroid dienone is 1. The summed E-state index contributed by atoms with van der Waals surface area (Å²) in [4.78, 5) is 33.0. The van der Waals surface area contributed by atoms with Crippen LogP contribution in [-0.2, 0) is 29.5 Å². The number of nitrogens with one attached hydrogen (secondary N) is 2. The predicted molar refractivity (Wildman–Crippen MR) is 249 cm³/mol. The quantitative estimate of drug-likeness (QED) is 0.0935. The second-order valence-electron chi connectivity index (χ2n) is 16.6. The first-order valence-corrected chi connectivity index (χ1v) is 21.9. The van der Waals surface area contributed by atoms with Gasteiger partial charge in [0.25, 0.3) is 5.91 Å². The van der Waals surface area contributed by atoms with Gasteiger partial charge in [-0.1, -0.05) is 35.3 Å². The molecular formula is C48H54Cl2N8O4. The summed E-state index contributed by atoms with van der Waals surface area (Å²) in [5.74, 6) is 0.595. The van der Waals surface area contributed by atoms with E-state index in [4.69, 9.17) is 43.2 Å². The largest absolute Gasteiger partial charge is 0.494 e. The molecule has 3 aromatic heterocycles. The second kappa shape index (κ2) is 17.3. The van der Waals surface area contributed by atoms with Crippen LogP contribution in [0.2, 0.25) is 10.0 Å². The van der Waals surface area contributed by atoms with E-state index in [0.29, 0.717) is 80.0 Å². The van der Waals surface area contributed by atoms with Gasteiger partial charge < -0.3 is 33.7 Å². The third-order valence-corrected chi connectivity index (χ3v) is 13.3. The number of ether oxygens (including phenoxy) is 2. The van der Waals surface area contributed by atoms with Crippen molar-refractivity contribution in [3.63, 3.8) is 0 Å². The van der Waals surface area contributed by atoms with Gasteiger partial charge in [0.2, 0.25) is 5.91 Å². The molecule has 8 rings (SSSR count). The lowest BCUT2D eigenvalue weighted by Gasteiger charge is -2.34. The first-order chi connectivity index (χ1) is 29.7. The molecule has 1 saturated heterocycles. The number of hydrogen-bond donors (Lipinski definition) is 2. The van der Waals surface area contributed by atoms with Crippen molar-refractivity contribution in [3.8, 4) is 16.9 Å². The monoisotopic (exact) mass is 876 g/mol. The fraction of sp³-hybridized carbons (Fsp3) is 0.375. The van der Waals surface area contributed by atoms with Crippen molar-refractivity contribution in [2.75, 3.05) is 51.4 Å². The Morgan fingerprint density at radius 3 is 2.44 bits per heavy atom. The van der Waals surface area contributed by atoms with Gasteiger partial charge >= 0.3 is 0 Å². The van der Waals surface area contributed by atoms with E-state index in [0.717, 1.165) is 77.4 Å². The number of carbonyl (C=O) groups is 2. The molecule has 0 saturated carbocycles. The molecule has 12 nitrogen and oxygen atoms in total. The zero-order valence-electron chi connectivity index (χ0n) is 36.7. The molecule has 2 N–H and O–H groups in total. The molecule has 324 valence electrons. The minimum absolute atomic E-state index is 0.0151. The van der Waals surface area contributed by atoms with Crippen molar-refractivity contribution >= 4 is 68.2 Å². The molecule has 2 aliphatic rings. The van der Waals surface area contributed by atoms with Gasteiger partial charge in [0, 0.05) is 90.3 Å². The van der Waals surface area contributed by atoms with E-state index in [9.17, 15) is 4.79 Å². The van der Waals surface area contributed by atoms with E-state index in [1.165, 1.54) is 0 Å². The molecule has 62 heavy (non-hydrogen) atoms. The molecule has 0 aliphatic carbocycles. The Kier molecular flexibility index (Phi) is 12.0. The number of carbonyl (C=O) groups excluding carboxylic acids is 2. The van der Waals surface area contributed by atoms with Gasteiger partial charge in [-0.15, -0.1) is 0 Å². The average Bonchev–Trinajstić information content (AvgIpc) is 3.87. The minimum Gasteiger partial charge on any atom is -0.494 e. The highest BCUT2D eigenvalue weighted by atomic mass is 35.5. The highest BCUT2D eigenvalue weighted by Gasteiger charge is 2.38. The number of anilines is 1. The van der Waals surface area contributed by atoms with Crippen molar-refractivity contribution in [1.82, 2.24) is 29.1 Å². The molecule has 0 unspecified atom stereocenters. The molecule has 0 bridgehead atoms. The van der Waals surface area contributed by atoms with Crippen LogP contribution in [0.4, 0.5) is 5.69 Å². The number of aryl methyl sites for hydroxylation is 5. The average molecular weight is 878 g/mol. The van der Waals surface area contributed by atoms with Gasteiger partial charge in [0.15, 0.2) is 0 Å². The lowest BCUT2D eigenvalue weighted by atomic mass is 9.98. The Labute approximate surface area is 372 Å². The number of rotatable bonds is 12. The number of amides is 2. The number of hydrogen-bond acceptors (Lipinski definition) is 7. The summed E-state index contributed by atoms with van der Waals surface area (Å²) in [7, 11) is 3.74. The van der Waals surface area contributed by atoms with Gasteiger partial charge in [-0.3, -0.25) is 19.7 Å². The molecule has 1 atom stereocenters. The SMILES string of the molecule is CN/C=C(/C)C(=N)c1ccc2c(c1)c(N1C[C@@H](C)n3c(c(CCCOc4cc(C)c(Cl)c(C)c4)c4ccc(Cl)c(-c5c(C)nn(C)c5C)c43)C1=O)cn2CC(=O)N1CCOCC1. The topological polar surface area (TPSA) is 123 Å². The number of nitrogens with zero attached hydrogens (tertiary/aromatic N) is 6. The van der Waals surface area contributed by atoms with Crippen LogP contribution >= 0.6 is 23.2 Å². The summed E-state index contributed by atoms with van der Waals surface area (Å²) in [6, 6.07) is 13.6. The first kappa shape index (κ1) is 43.1. The van der Waals surface area contributed by atoms with Crippen molar-refractivity contribution < 1.29 is 19.1 Å². The van der Waals surface area contributed by atoms with E-state index in [2.05, 4.69) is 16.8 Å². The van der Waals surface area contributed by atoms with Crippen LogP contribution in [0.15, 0.2) is 60.4 Å². The van der Waals surface area contributed by atoms with Crippen molar-refractivity contribution in [2.24, 2.45) is 7.05 Å². The van der Waals surface area contributed by atoms with Gasteiger partial charge in [0.1, 0.15) is 18.0 Å². The highest BCUT2D eigenvalue weighted by Crippen LogP contribution is 2.46. The number of benzene rings is 3. The summed E-state index contributed by atoms with van der Waals surface area (Å²) < 4.78 is 17.8. The smallest absolute Gasteiger partial charge is 0.275 e. The predicted octanol–water partition coefficient (Wildman–Crippen LogP) is 9.12. The van der Waals surface area contributed by atoms with E-state index in [1.54, 1.807) is 6.20 Å². The molecule has 2 amide bonds. The first-order valence-electron chi connectivity index (χ1n) is 21.2. The van der Waals surface area contributed by atoms with E-state index < -0.39 is 0 Å². The molecule has 0 spiro atoms. The maximum absolute atomic E-state index is 15.6. The van der Waals surface area contributed by atoms with Crippen molar-refractivity contribution in [3.05, 3.63) is 110 Å². The number of aromatic nitrogens is 4. The number of morpholine rings is 1. The third kappa shape index (κ3) is 7.66. The molecule has 6 aromatic rings. The Morgan fingerprint density at radius 2 is 1.76 bits per heavy atom. The van der Waals surface area contributed by atoms with Crippen LogP contribution in [0, 0.1) is 33.1 Å². The lowest BCUT2D eigenvalue weighted by molar-refractivity contribution is -0.135. The molecular weight excluding hydrogens is 823 g/mol. The maximum Gasteiger partial charge on any atom is 0.275 e. The summed E-state index contributed by atoms with van der Waals surface area (Å²) in [6.45, 7) is 15.0. The van der Waals surface area contributed by atoms with E-state index in [-0.39, 0.29) is 24.4 Å². The van der Waals surface area contributed by atoms with E-state index >= 15 is 4.79 Å². The fourth-order valence-corrected chi connectivity index (χ4v) is 9.65. The fourth-order valence-electron chi connectivity index (χ4n) is 9.29. The highest BCUT2D eigenvalue weighted by molar-refractivity contribution is 6.35. The molecule has 1 fully saturated rings. The Morgan fingerprint density at radius 1 is 1.03 bits per heavy atom. The van der Waals surface area contributed by atoms with Crippen LogP contribution in [0.3, 0.4) is 0 Å². The van der Waals surface area contributed by atoms with Crippen LogP contribution in [0.25, 0.3) is 32.9 Å². The van der Waals surface area contributed by atoms with Gasteiger partial charge in [0.05, 0.1) is 53.0 Å². The van der Waals surface area contributed by atoms with Crippen LogP contribution < -0.4 is 15.0 Å². The van der Waals surface area contributed by atoms with Crippen LogP contribution in [0.1, 0.15) is 70.4 Å². The summed E-state index contributed by atoms with van der Waals surface area (Å²) >= 11 is 13.6. The zero-order valence-corrected chi connectivity index (χ0v) is 38.2. The third-order valence-electron chi connectivity index (χ3n) is 12.4. The molecule has 2 aliphatic heterocycles. The molecule has 3 aromatic carbocycles. The standard InChI is InChI=1S/C48H54Cl2N8O4/c1-27-20-34(21-28(2)44(27)50)62-17-9-10-35-36-12-13-38(49)43(42-31(5)53-54(8)32(42)6)46(36)58-30(4)24-57(48(60)47(35)58)40-25-56(26-41(59)55-15-18-61-19-16-55)39-14-11-33(22-37(39)40)45(51)29(3)23-52-7/h11-14,20-23,25,30,51-52H,9-10,15-19,24,26H2,1-8H3/b29-23-,51-45?/t30-/m1/s1. The Balaban J connectivity index is 1.26. The molecule has 0 radical (unpaired) electrons. The normalized spacial score (nSPS) is 15.8. The Bertz CT molecular complexity index is 2790. The van der Waals surface area contributed by atoms with Gasteiger partial charge in [-0.05, 0) is 107 Å². The van der Waals surface area contributed by atoms with Crippen molar-refractivity contribution in [1.29, 1.82) is 5.41 Å². The summed E-state index contributed by atoms with van der Waals surface area (Å²) in [5, 5.41) is 19.9. The molecule has 14 heteroatoms.